The zero-order chi connectivity index (χ0) is 14.9. The summed E-state index contributed by atoms with van der Waals surface area (Å²) >= 11 is 3.17. The molecule has 0 spiro atoms. The minimum Gasteiger partial charge on any atom is -0.397 e. The molecule has 0 amide bonds. The molecule has 2 aromatic carbocycles. The van der Waals surface area contributed by atoms with E-state index in [0.29, 0.717) is 10.5 Å². The van der Waals surface area contributed by atoms with Crippen LogP contribution in [0.5, 0.6) is 0 Å². The van der Waals surface area contributed by atoms with Gasteiger partial charge in [-0.2, -0.15) is 0 Å². The van der Waals surface area contributed by atoms with Gasteiger partial charge in [0.1, 0.15) is 11.5 Å². The first-order valence-electron chi connectivity index (χ1n) is 5.32. The van der Waals surface area contributed by atoms with Gasteiger partial charge < -0.3 is 5.73 Å². The van der Waals surface area contributed by atoms with E-state index in [4.69, 9.17) is 5.73 Å². The van der Waals surface area contributed by atoms with Crippen molar-refractivity contribution >= 4 is 37.3 Å². The molecule has 0 aliphatic heterocycles. The van der Waals surface area contributed by atoms with E-state index in [1.165, 1.54) is 24.3 Å². The van der Waals surface area contributed by atoms with Gasteiger partial charge in [-0.25, -0.2) is 17.2 Å². The van der Waals surface area contributed by atoms with E-state index >= 15 is 0 Å². The van der Waals surface area contributed by atoms with Gasteiger partial charge in [0.2, 0.25) is 0 Å². The number of sulfonamides is 1. The molecule has 0 saturated heterocycles. The van der Waals surface area contributed by atoms with Crippen LogP contribution in [0, 0.1) is 11.6 Å². The van der Waals surface area contributed by atoms with E-state index < -0.39 is 27.3 Å². The lowest BCUT2D eigenvalue weighted by atomic mass is 10.2. The van der Waals surface area contributed by atoms with Crippen molar-refractivity contribution < 1.29 is 17.2 Å². The van der Waals surface area contributed by atoms with Crippen LogP contribution in [0.4, 0.5) is 20.2 Å². The molecule has 8 heteroatoms. The predicted molar refractivity (Wildman–Crippen MR) is 75.7 cm³/mol. The van der Waals surface area contributed by atoms with Crippen LogP contribution in [-0.4, -0.2) is 8.42 Å². The molecule has 0 radical (unpaired) electrons. The van der Waals surface area contributed by atoms with Crippen molar-refractivity contribution in [3.63, 3.8) is 0 Å². The molecule has 0 aliphatic rings. The van der Waals surface area contributed by atoms with Gasteiger partial charge >= 0.3 is 0 Å². The average molecular weight is 363 g/mol. The summed E-state index contributed by atoms with van der Waals surface area (Å²) in [6.45, 7) is 0. The second-order valence-corrected chi connectivity index (χ2v) is 6.51. The zero-order valence-corrected chi connectivity index (χ0v) is 12.3. The summed E-state index contributed by atoms with van der Waals surface area (Å²) in [4.78, 5) is -0.0659. The van der Waals surface area contributed by atoms with E-state index in [9.17, 15) is 17.2 Å². The van der Waals surface area contributed by atoms with E-state index in [-0.39, 0.29) is 10.6 Å². The number of anilines is 2. The van der Waals surface area contributed by atoms with Crippen LogP contribution in [0.25, 0.3) is 0 Å². The van der Waals surface area contributed by atoms with Crippen LogP contribution in [-0.2, 0) is 10.0 Å². The molecular weight excluding hydrogens is 354 g/mol. The Hall–Kier alpha value is -1.67. The Morgan fingerprint density at radius 1 is 1.10 bits per heavy atom. The smallest absolute Gasteiger partial charge is 0.262 e. The fourth-order valence-corrected chi connectivity index (χ4v) is 2.87. The third-order valence-electron chi connectivity index (χ3n) is 2.45. The van der Waals surface area contributed by atoms with Crippen LogP contribution in [0.3, 0.4) is 0 Å². The first kappa shape index (κ1) is 14.7. The topological polar surface area (TPSA) is 72.2 Å². The van der Waals surface area contributed by atoms with Crippen molar-refractivity contribution in [1.29, 1.82) is 0 Å². The first-order valence-corrected chi connectivity index (χ1v) is 7.60. The van der Waals surface area contributed by atoms with Crippen molar-refractivity contribution in [3.05, 3.63) is 52.5 Å². The minimum atomic E-state index is -4.00. The van der Waals surface area contributed by atoms with Crippen molar-refractivity contribution in [2.24, 2.45) is 0 Å². The fraction of sp³-hybridized carbons (Fsp3) is 0. The highest BCUT2D eigenvalue weighted by Gasteiger charge is 2.18. The molecule has 0 unspecified atom stereocenters. The monoisotopic (exact) mass is 362 g/mol. The highest BCUT2D eigenvalue weighted by atomic mass is 79.9. The van der Waals surface area contributed by atoms with Crippen LogP contribution >= 0.6 is 15.9 Å². The lowest BCUT2D eigenvalue weighted by molar-refractivity contribution is 0.583. The quantitative estimate of drug-likeness (QED) is 0.824. The van der Waals surface area contributed by atoms with Gasteiger partial charge in [-0.15, -0.1) is 0 Å². The van der Waals surface area contributed by atoms with E-state index in [2.05, 4.69) is 15.9 Å². The van der Waals surface area contributed by atoms with Crippen molar-refractivity contribution in [2.45, 2.75) is 4.90 Å². The highest BCUT2D eigenvalue weighted by Crippen LogP contribution is 2.27. The molecule has 0 aromatic heterocycles. The van der Waals surface area contributed by atoms with Crippen LogP contribution in [0.15, 0.2) is 45.8 Å². The number of nitrogens with two attached hydrogens (primary N) is 1. The number of rotatable bonds is 3. The van der Waals surface area contributed by atoms with Gasteiger partial charge in [-0.3, -0.25) is 4.72 Å². The Bertz CT molecular complexity index is 726. The molecule has 0 heterocycles. The van der Waals surface area contributed by atoms with Crippen LogP contribution in [0.2, 0.25) is 0 Å². The molecule has 2 aromatic rings. The molecular formula is C12H9BrF2N2O2S. The number of nitrogen functional groups attached to an aromatic ring is 1. The summed E-state index contributed by atoms with van der Waals surface area (Å²) in [7, 11) is -4.00. The third-order valence-corrected chi connectivity index (χ3v) is 4.34. The lowest BCUT2D eigenvalue weighted by Gasteiger charge is -2.11. The molecule has 0 aliphatic carbocycles. The zero-order valence-electron chi connectivity index (χ0n) is 9.90. The van der Waals surface area contributed by atoms with Crippen molar-refractivity contribution in [1.82, 2.24) is 0 Å². The fourth-order valence-electron chi connectivity index (χ4n) is 1.51. The summed E-state index contributed by atoms with van der Waals surface area (Å²) in [5.74, 6) is -1.96. The Kier molecular flexibility index (Phi) is 3.96. The van der Waals surface area contributed by atoms with Gasteiger partial charge in [0, 0.05) is 10.5 Å². The summed E-state index contributed by atoms with van der Waals surface area (Å²) in [5, 5.41) is 0. The van der Waals surface area contributed by atoms with Gasteiger partial charge in [0.05, 0.1) is 10.6 Å². The number of benzene rings is 2. The number of halogens is 3. The lowest BCUT2D eigenvalue weighted by Crippen LogP contribution is -2.15. The molecule has 0 fully saturated rings. The number of hydrogen-bond donors (Lipinski definition) is 2. The average Bonchev–Trinajstić information content (AvgIpc) is 2.34. The van der Waals surface area contributed by atoms with E-state index in [1.807, 2.05) is 4.72 Å². The summed E-state index contributed by atoms with van der Waals surface area (Å²) in [5.41, 5.74) is 4.61. The maximum atomic E-state index is 13.6. The first-order chi connectivity index (χ1) is 9.29. The highest BCUT2D eigenvalue weighted by molar-refractivity contribution is 9.10. The maximum Gasteiger partial charge on any atom is 0.262 e. The number of nitrogens with one attached hydrogen (secondary N) is 1. The molecule has 0 bridgehead atoms. The maximum absolute atomic E-state index is 13.6. The van der Waals surface area contributed by atoms with Gasteiger partial charge in [0.25, 0.3) is 10.0 Å². The van der Waals surface area contributed by atoms with Crippen LogP contribution < -0.4 is 10.5 Å². The Morgan fingerprint density at radius 3 is 2.25 bits per heavy atom. The normalized spacial score (nSPS) is 11.3. The van der Waals surface area contributed by atoms with Crippen molar-refractivity contribution in [2.75, 3.05) is 10.5 Å². The third kappa shape index (κ3) is 3.07. The molecule has 4 nitrogen and oxygen atoms in total. The number of hydrogen-bond acceptors (Lipinski definition) is 3. The van der Waals surface area contributed by atoms with E-state index in [1.54, 1.807) is 0 Å². The summed E-state index contributed by atoms with van der Waals surface area (Å²) in [6, 6.07) is 7.12. The Morgan fingerprint density at radius 2 is 1.70 bits per heavy atom. The molecule has 106 valence electrons. The summed E-state index contributed by atoms with van der Waals surface area (Å²) < 4.78 is 53.3. The second-order valence-electron chi connectivity index (χ2n) is 3.91. The molecule has 0 saturated carbocycles. The largest absolute Gasteiger partial charge is 0.397 e. The van der Waals surface area contributed by atoms with Gasteiger partial charge in [-0.1, -0.05) is 15.9 Å². The molecule has 20 heavy (non-hydrogen) atoms. The summed E-state index contributed by atoms with van der Waals surface area (Å²) in [6.07, 6.45) is 0. The standard InChI is InChI=1S/C12H9BrF2N2O2S/c13-7-1-3-9(4-2-7)20(18,19)17-12-10(15)5-8(14)6-11(12)16/h1-6,17H,16H2. The van der Waals surface area contributed by atoms with Gasteiger partial charge in [0.15, 0.2) is 5.82 Å². The molecule has 0 atom stereocenters. The minimum absolute atomic E-state index is 0.0659. The SMILES string of the molecule is Nc1cc(F)cc(F)c1NS(=O)(=O)c1ccc(Br)cc1. The van der Waals surface area contributed by atoms with Crippen LogP contribution in [0.1, 0.15) is 0 Å². The molecule has 3 N–H and O–H groups in total. The second kappa shape index (κ2) is 5.37. The Labute approximate surface area is 122 Å². The van der Waals surface area contributed by atoms with E-state index in [0.717, 1.165) is 6.07 Å². The van der Waals surface area contributed by atoms with Crippen molar-refractivity contribution in [3.8, 4) is 0 Å². The Balaban J connectivity index is 2.41. The van der Waals surface area contributed by atoms with Gasteiger partial charge in [-0.05, 0) is 30.3 Å². The molecule has 2 rings (SSSR count). The predicted octanol–water partition coefficient (Wildman–Crippen LogP) is 3.11.